The van der Waals surface area contributed by atoms with Crippen LogP contribution in [0.3, 0.4) is 0 Å². The first kappa shape index (κ1) is 17.5. The normalized spacial score (nSPS) is 19.2. The molecular weight excluding hydrogens is 348 g/mol. The van der Waals surface area contributed by atoms with Gasteiger partial charge in [0.2, 0.25) is 11.7 Å². The molecule has 0 atom stereocenters. The number of hydrogen-bond donors (Lipinski definition) is 1. The third-order valence-electron chi connectivity index (χ3n) is 5.31. The Morgan fingerprint density at radius 3 is 2.52 bits per heavy atom. The van der Waals surface area contributed by atoms with Crippen LogP contribution in [0.25, 0.3) is 11.4 Å². The van der Waals surface area contributed by atoms with E-state index in [0.717, 1.165) is 37.0 Å². The maximum absolute atomic E-state index is 12.9. The summed E-state index contributed by atoms with van der Waals surface area (Å²) in [5.41, 5.74) is 0.00937. The van der Waals surface area contributed by atoms with Crippen molar-refractivity contribution in [1.29, 1.82) is 0 Å². The smallest absolute Gasteiger partial charge is 0.325 e. The van der Waals surface area contributed by atoms with Crippen LogP contribution in [0.1, 0.15) is 44.4 Å². The zero-order valence-corrected chi connectivity index (χ0v) is 15.2. The molecule has 142 valence electrons. The van der Waals surface area contributed by atoms with E-state index in [4.69, 9.17) is 9.26 Å². The number of hydrogen-bond acceptors (Lipinski definition) is 6. The van der Waals surface area contributed by atoms with Crippen molar-refractivity contribution in [3.8, 4) is 17.1 Å². The minimum absolute atomic E-state index is 0.0183. The molecule has 1 saturated heterocycles. The highest BCUT2D eigenvalue weighted by molar-refractivity contribution is 6.06. The number of aromatic nitrogens is 2. The molecule has 0 unspecified atom stereocenters. The Labute approximate surface area is 156 Å². The first-order valence-corrected chi connectivity index (χ1v) is 9.22. The fraction of sp³-hybridized carbons (Fsp3) is 0.474. The number of amides is 3. The number of nitrogens with one attached hydrogen (secondary N) is 1. The fourth-order valence-corrected chi connectivity index (χ4v) is 3.80. The van der Waals surface area contributed by atoms with E-state index in [-0.39, 0.29) is 24.4 Å². The van der Waals surface area contributed by atoms with Crippen LogP contribution in [-0.2, 0) is 11.3 Å². The van der Waals surface area contributed by atoms with Crippen LogP contribution in [0.2, 0.25) is 0 Å². The molecule has 27 heavy (non-hydrogen) atoms. The largest absolute Gasteiger partial charge is 0.497 e. The number of methoxy groups -OCH3 is 1. The summed E-state index contributed by atoms with van der Waals surface area (Å²) in [4.78, 5) is 30.9. The second kappa shape index (κ2) is 7.02. The quantitative estimate of drug-likeness (QED) is 0.831. The van der Waals surface area contributed by atoms with E-state index in [1.807, 2.05) is 12.1 Å². The van der Waals surface area contributed by atoms with Gasteiger partial charge < -0.3 is 14.6 Å². The van der Waals surface area contributed by atoms with E-state index in [9.17, 15) is 9.59 Å². The predicted octanol–water partition coefficient (Wildman–Crippen LogP) is 2.89. The molecule has 1 aliphatic carbocycles. The van der Waals surface area contributed by atoms with Gasteiger partial charge in [0, 0.05) is 5.56 Å². The van der Waals surface area contributed by atoms with E-state index in [1.165, 1.54) is 4.90 Å². The summed E-state index contributed by atoms with van der Waals surface area (Å²) >= 11 is 0. The number of urea groups is 1. The van der Waals surface area contributed by atoms with Gasteiger partial charge in [-0.25, -0.2) is 4.79 Å². The Bertz CT molecular complexity index is 838. The number of nitrogens with zero attached hydrogens (tertiary/aromatic N) is 3. The molecule has 8 nitrogen and oxygen atoms in total. The van der Waals surface area contributed by atoms with Crippen LogP contribution < -0.4 is 10.1 Å². The SMILES string of the molecule is COc1ccc(-c2noc(CN3C(=O)NC4(CCCCCC4)C3=O)n2)cc1. The van der Waals surface area contributed by atoms with E-state index in [2.05, 4.69) is 15.5 Å². The summed E-state index contributed by atoms with van der Waals surface area (Å²) in [6.45, 7) is -0.0183. The third kappa shape index (κ3) is 3.27. The first-order chi connectivity index (χ1) is 13.1. The molecule has 2 heterocycles. The highest BCUT2D eigenvalue weighted by atomic mass is 16.5. The van der Waals surface area contributed by atoms with Gasteiger partial charge in [-0.05, 0) is 37.1 Å². The van der Waals surface area contributed by atoms with Crippen LogP contribution >= 0.6 is 0 Å². The lowest BCUT2D eigenvalue weighted by molar-refractivity contribution is -0.132. The van der Waals surface area contributed by atoms with Crippen molar-refractivity contribution in [3.05, 3.63) is 30.2 Å². The van der Waals surface area contributed by atoms with Gasteiger partial charge in [0.05, 0.1) is 7.11 Å². The van der Waals surface area contributed by atoms with Gasteiger partial charge in [-0.3, -0.25) is 9.69 Å². The number of ether oxygens (including phenoxy) is 1. The predicted molar refractivity (Wildman–Crippen MR) is 95.8 cm³/mol. The summed E-state index contributed by atoms with van der Waals surface area (Å²) in [7, 11) is 1.60. The van der Waals surface area contributed by atoms with Gasteiger partial charge in [-0.2, -0.15) is 4.98 Å². The molecule has 3 amide bonds. The Balaban J connectivity index is 1.50. The summed E-state index contributed by atoms with van der Waals surface area (Å²) in [5.74, 6) is 1.19. The maximum Gasteiger partial charge on any atom is 0.325 e. The van der Waals surface area contributed by atoms with Crippen molar-refractivity contribution in [2.45, 2.75) is 50.6 Å². The molecule has 1 aromatic heterocycles. The van der Waals surface area contributed by atoms with E-state index in [1.54, 1.807) is 19.2 Å². The third-order valence-corrected chi connectivity index (χ3v) is 5.31. The molecule has 8 heteroatoms. The molecule has 0 bridgehead atoms. The standard InChI is InChI=1S/C19H22N4O4/c1-26-14-8-6-13(7-9-14)16-20-15(27-22-16)12-23-17(24)19(21-18(23)25)10-4-2-3-5-11-19/h6-9H,2-5,10-12H2,1H3,(H,21,25). The molecule has 1 N–H and O–H groups in total. The van der Waals surface area contributed by atoms with Crippen LogP contribution in [0, 0.1) is 0 Å². The van der Waals surface area contributed by atoms with Crippen LogP contribution in [0.4, 0.5) is 4.79 Å². The summed E-state index contributed by atoms with van der Waals surface area (Å²) in [5, 5.41) is 6.87. The number of carbonyl (C=O) groups is 2. The molecule has 0 radical (unpaired) electrons. The fourth-order valence-electron chi connectivity index (χ4n) is 3.80. The number of imide groups is 1. The van der Waals surface area contributed by atoms with E-state index < -0.39 is 5.54 Å². The number of rotatable bonds is 4. The first-order valence-electron chi connectivity index (χ1n) is 9.22. The van der Waals surface area contributed by atoms with Gasteiger partial charge in [0.15, 0.2) is 0 Å². The van der Waals surface area contributed by atoms with Crippen molar-refractivity contribution in [3.63, 3.8) is 0 Å². The van der Waals surface area contributed by atoms with Crippen molar-refractivity contribution >= 4 is 11.9 Å². The lowest BCUT2D eigenvalue weighted by Crippen LogP contribution is -2.46. The Morgan fingerprint density at radius 2 is 1.85 bits per heavy atom. The number of carbonyl (C=O) groups excluding carboxylic acids is 2. The maximum atomic E-state index is 12.9. The van der Waals surface area contributed by atoms with Gasteiger partial charge in [-0.1, -0.05) is 30.8 Å². The zero-order valence-electron chi connectivity index (χ0n) is 15.2. The summed E-state index contributed by atoms with van der Waals surface area (Å²) in [6.07, 6.45) is 5.47. The van der Waals surface area contributed by atoms with E-state index in [0.29, 0.717) is 18.7 Å². The molecule has 4 rings (SSSR count). The van der Waals surface area contributed by atoms with Crippen molar-refractivity contribution in [2.75, 3.05) is 7.11 Å². The molecular formula is C19H22N4O4. The van der Waals surface area contributed by atoms with Crippen LogP contribution in [0.5, 0.6) is 5.75 Å². The molecule has 2 aromatic rings. The van der Waals surface area contributed by atoms with E-state index >= 15 is 0 Å². The van der Waals surface area contributed by atoms with Gasteiger partial charge in [0.1, 0.15) is 17.8 Å². The topological polar surface area (TPSA) is 97.6 Å². The molecule has 1 spiro atoms. The lowest BCUT2D eigenvalue weighted by Gasteiger charge is -2.24. The zero-order chi connectivity index (χ0) is 18.9. The van der Waals surface area contributed by atoms with Crippen LogP contribution in [0.15, 0.2) is 28.8 Å². The summed E-state index contributed by atoms with van der Waals surface area (Å²) in [6, 6.07) is 6.87. The molecule has 2 fully saturated rings. The van der Waals surface area contributed by atoms with Gasteiger partial charge >= 0.3 is 6.03 Å². The lowest BCUT2D eigenvalue weighted by atomic mass is 9.90. The Morgan fingerprint density at radius 1 is 1.15 bits per heavy atom. The Hall–Kier alpha value is -2.90. The van der Waals surface area contributed by atoms with Gasteiger partial charge in [0.25, 0.3) is 5.91 Å². The number of benzene rings is 1. The molecule has 1 aliphatic heterocycles. The highest BCUT2D eigenvalue weighted by Crippen LogP contribution is 2.33. The molecule has 2 aliphatic rings. The van der Waals surface area contributed by atoms with Crippen LogP contribution in [-0.4, -0.2) is 39.6 Å². The summed E-state index contributed by atoms with van der Waals surface area (Å²) < 4.78 is 10.4. The second-order valence-electron chi connectivity index (χ2n) is 7.06. The molecule has 1 saturated carbocycles. The monoisotopic (exact) mass is 370 g/mol. The van der Waals surface area contributed by atoms with Crippen molar-refractivity contribution in [1.82, 2.24) is 20.4 Å². The Kier molecular flexibility index (Phi) is 4.55. The minimum atomic E-state index is -0.758. The average Bonchev–Trinajstić information content (AvgIpc) is 3.14. The minimum Gasteiger partial charge on any atom is -0.497 e. The molecule has 1 aromatic carbocycles. The van der Waals surface area contributed by atoms with Gasteiger partial charge in [-0.15, -0.1) is 0 Å². The average molecular weight is 370 g/mol. The van der Waals surface area contributed by atoms with Crippen molar-refractivity contribution < 1.29 is 18.8 Å². The van der Waals surface area contributed by atoms with Crippen molar-refractivity contribution in [2.24, 2.45) is 0 Å². The highest BCUT2D eigenvalue weighted by Gasteiger charge is 2.51. The second-order valence-corrected chi connectivity index (χ2v) is 7.06.